The molecule has 0 bridgehead atoms. The van der Waals surface area contributed by atoms with Crippen LogP contribution in [-0.2, 0) is 6.54 Å². The molecule has 2 N–H and O–H groups in total. The SMILES string of the molecule is CC1(C)CCN(c2ccc(CN)cc2F)CCS1. The Kier molecular flexibility index (Phi) is 4.17. The number of hydrogen-bond acceptors (Lipinski definition) is 3. The van der Waals surface area contributed by atoms with E-state index in [4.69, 9.17) is 5.73 Å². The molecular formula is C14H21FN2S. The van der Waals surface area contributed by atoms with Crippen molar-refractivity contribution in [1.29, 1.82) is 0 Å². The summed E-state index contributed by atoms with van der Waals surface area (Å²) in [4.78, 5) is 2.15. The summed E-state index contributed by atoms with van der Waals surface area (Å²) < 4.78 is 14.3. The van der Waals surface area contributed by atoms with Gasteiger partial charge in [-0.05, 0) is 24.1 Å². The summed E-state index contributed by atoms with van der Waals surface area (Å²) in [5.74, 6) is 0.896. The second-order valence-electron chi connectivity index (χ2n) is 5.34. The lowest BCUT2D eigenvalue weighted by atomic mass is 10.1. The van der Waals surface area contributed by atoms with Crippen LogP contribution in [0.15, 0.2) is 18.2 Å². The highest BCUT2D eigenvalue weighted by molar-refractivity contribution is 8.00. The molecule has 1 aliphatic heterocycles. The first kappa shape index (κ1) is 13.7. The fourth-order valence-electron chi connectivity index (χ4n) is 2.20. The van der Waals surface area contributed by atoms with E-state index in [2.05, 4.69) is 18.7 Å². The second-order valence-corrected chi connectivity index (χ2v) is 7.14. The average Bonchev–Trinajstić information content (AvgIpc) is 2.50. The highest BCUT2D eigenvalue weighted by Crippen LogP contribution is 2.33. The molecule has 4 heteroatoms. The zero-order valence-corrected chi connectivity index (χ0v) is 11.9. The van der Waals surface area contributed by atoms with Crippen LogP contribution in [0, 0.1) is 5.82 Å². The van der Waals surface area contributed by atoms with E-state index in [1.54, 1.807) is 6.07 Å². The maximum atomic E-state index is 14.0. The predicted molar refractivity (Wildman–Crippen MR) is 77.7 cm³/mol. The molecule has 2 rings (SSSR count). The smallest absolute Gasteiger partial charge is 0.146 e. The third-order valence-electron chi connectivity index (χ3n) is 3.43. The number of thioether (sulfide) groups is 1. The minimum atomic E-state index is -0.150. The van der Waals surface area contributed by atoms with Gasteiger partial charge in [-0.15, -0.1) is 0 Å². The van der Waals surface area contributed by atoms with E-state index in [0.717, 1.165) is 30.8 Å². The third kappa shape index (κ3) is 3.18. The van der Waals surface area contributed by atoms with Crippen molar-refractivity contribution in [2.45, 2.75) is 31.6 Å². The first-order valence-electron chi connectivity index (χ1n) is 6.39. The van der Waals surface area contributed by atoms with Gasteiger partial charge in [-0.1, -0.05) is 19.9 Å². The van der Waals surface area contributed by atoms with Gasteiger partial charge in [-0.25, -0.2) is 4.39 Å². The summed E-state index contributed by atoms with van der Waals surface area (Å²) in [7, 11) is 0. The van der Waals surface area contributed by atoms with Crippen molar-refractivity contribution in [2.24, 2.45) is 5.73 Å². The van der Waals surface area contributed by atoms with E-state index in [0.29, 0.717) is 17.0 Å². The summed E-state index contributed by atoms with van der Waals surface area (Å²) >= 11 is 1.97. The van der Waals surface area contributed by atoms with Gasteiger partial charge < -0.3 is 10.6 Å². The molecule has 0 saturated carbocycles. The van der Waals surface area contributed by atoms with Gasteiger partial charge in [0, 0.05) is 30.1 Å². The molecule has 1 aromatic carbocycles. The van der Waals surface area contributed by atoms with Crippen molar-refractivity contribution >= 4 is 17.4 Å². The number of rotatable bonds is 2. The van der Waals surface area contributed by atoms with Gasteiger partial charge >= 0.3 is 0 Å². The van der Waals surface area contributed by atoms with Crippen molar-refractivity contribution in [2.75, 3.05) is 23.7 Å². The molecule has 18 heavy (non-hydrogen) atoms. The summed E-state index contributed by atoms with van der Waals surface area (Å²) in [6, 6.07) is 5.33. The van der Waals surface area contributed by atoms with E-state index in [-0.39, 0.29) is 5.82 Å². The molecule has 1 aromatic rings. The molecule has 0 amide bonds. The van der Waals surface area contributed by atoms with Crippen molar-refractivity contribution < 1.29 is 4.39 Å². The summed E-state index contributed by atoms with van der Waals surface area (Å²) in [6.07, 6.45) is 1.08. The predicted octanol–water partition coefficient (Wildman–Crippen LogP) is 3.01. The number of benzene rings is 1. The molecule has 2 nitrogen and oxygen atoms in total. The molecule has 1 saturated heterocycles. The Morgan fingerprint density at radius 1 is 1.39 bits per heavy atom. The van der Waals surface area contributed by atoms with E-state index in [9.17, 15) is 4.39 Å². The monoisotopic (exact) mass is 268 g/mol. The van der Waals surface area contributed by atoms with E-state index in [1.165, 1.54) is 0 Å². The number of nitrogens with zero attached hydrogens (tertiary/aromatic N) is 1. The van der Waals surface area contributed by atoms with Crippen molar-refractivity contribution in [3.05, 3.63) is 29.6 Å². The normalized spacial score (nSPS) is 19.7. The number of halogens is 1. The summed E-state index contributed by atoms with van der Waals surface area (Å²) in [6.45, 7) is 6.73. The topological polar surface area (TPSA) is 29.3 Å². The zero-order chi connectivity index (χ0) is 13.2. The Balaban J connectivity index is 2.16. The fourth-order valence-corrected chi connectivity index (χ4v) is 3.29. The maximum absolute atomic E-state index is 14.0. The van der Waals surface area contributed by atoms with Gasteiger partial charge in [0.25, 0.3) is 0 Å². The van der Waals surface area contributed by atoms with Gasteiger partial charge in [0.05, 0.1) is 5.69 Å². The van der Waals surface area contributed by atoms with Crippen LogP contribution < -0.4 is 10.6 Å². The maximum Gasteiger partial charge on any atom is 0.146 e. The molecular weight excluding hydrogens is 247 g/mol. The standard InChI is InChI=1S/C14H21FN2S/c1-14(2)5-6-17(7-8-18-14)13-4-3-11(10-16)9-12(13)15/h3-4,9H,5-8,10,16H2,1-2H3. The molecule has 1 aliphatic rings. The summed E-state index contributed by atoms with van der Waals surface area (Å²) in [5, 5.41) is 0. The minimum absolute atomic E-state index is 0.150. The average molecular weight is 268 g/mol. The lowest BCUT2D eigenvalue weighted by molar-refractivity contribution is 0.601. The van der Waals surface area contributed by atoms with Crippen LogP contribution in [0.5, 0.6) is 0 Å². The lowest BCUT2D eigenvalue weighted by Gasteiger charge is -2.24. The molecule has 100 valence electrons. The molecule has 0 radical (unpaired) electrons. The number of hydrogen-bond donors (Lipinski definition) is 1. The highest BCUT2D eigenvalue weighted by Gasteiger charge is 2.24. The number of nitrogens with two attached hydrogens (primary N) is 1. The highest BCUT2D eigenvalue weighted by atomic mass is 32.2. The Hall–Kier alpha value is -0.740. The van der Waals surface area contributed by atoms with Crippen LogP contribution in [0.25, 0.3) is 0 Å². The van der Waals surface area contributed by atoms with Crippen LogP contribution in [0.4, 0.5) is 10.1 Å². The molecule has 0 atom stereocenters. The van der Waals surface area contributed by atoms with Crippen LogP contribution in [0.1, 0.15) is 25.8 Å². The molecule has 1 fully saturated rings. The molecule has 0 aromatic heterocycles. The Morgan fingerprint density at radius 3 is 2.83 bits per heavy atom. The van der Waals surface area contributed by atoms with Gasteiger partial charge in [-0.3, -0.25) is 0 Å². The fraction of sp³-hybridized carbons (Fsp3) is 0.571. The van der Waals surface area contributed by atoms with Crippen LogP contribution in [0.3, 0.4) is 0 Å². The Bertz CT molecular complexity index is 420. The van der Waals surface area contributed by atoms with Gasteiger partial charge in [0.2, 0.25) is 0 Å². The van der Waals surface area contributed by atoms with Crippen molar-refractivity contribution in [3.63, 3.8) is 0 Å². The van der Waals surface area contributed by atoms with Crippen LogP contribution in [-0.4, -0.2) is 23.6 Å². The van der Waals surface area contributed by atoms with E-state index in [1.807, 2.05) is 23.9 Å². The number of anilines is 1. The second kappa shape index (κ2) is 5.49. The van der Waals surface area contributed by atoms with Crippen LogP contribution >= 0.6 is 11.8 Å². The molecule has 0 aliphatic carbocycles. The lowest BCUT2D eigenvalue weighted by Crippen LogP contribution is -2.27. The van der Waals surface area contributed by atoms with Gasteiger partial charge in [0.1, 0.15) is 5.82 Å². The first-order chi connectivity index (χ1) is 8.52. The quantitative estimate of drug-likeness (QED) is 0.894. The van der Waals surface area contributed by atoms with Crippen molar-refractivity contribution in [3.8, 4) is 0 Å². The largest absolute Gasteiger partial charge is 0.368 e. The molecule has 0 unspecified atom stereocenters. The molecule has 0 spiro atoms. The minimum Gasteiger partial charge on any atom is -0.368 e. The van der Waals surface area contributed by atoms with E-state index >= 15 is 0 Å². The van der Waals surface area contributed by atoms with Crippen LogP contribution in [0.2, 0.25) is 0 Å². The van der Waals surface area contributed by atoms with E-state index < -0.39 is 0 Å². The molecule has 1 heterocycles. The third-order valence-corrected chi connectivity index (χ3v) is 4.80. The Labute approximate surface area is 113 Å². The Morgan fingerprint density at radius 2 is 2.17 bits per heavy atom. The first-order valence-corrected chi connectivity index (χ1v) is 7.38. The van der Waals surface area contributed by atoms with Gasteiger partial charge in [0.15, 0.2) is 0 Å². The van der Waals surface area contributed by atoms with Gasteiger partial charge in [-0.2, -0.15) is 11.8 Å². The summed E-state index contributed by atoms with van der Waals surface area (Å²) in [5.41, 5.74) is 7.09. The zero-order valence-electron chi connectivity index (χ0n) is 11.1. The van der Waals surface area contributed by atoms with Crippen molar-refractivity contribution in [1.82, 2.24) is 0 Å².